The number of ketones is 1. The first-order chi connectivity index (χ1) is 13.0. The molecule has 1 aromatic heterocycles. The van der Waals surface area contributed by atoms with Crippen molar-refractivity contribution in [3.8, 4) is 5.75 Å². The molecule has 27 heavy (non-hydrogen) atoms. The Morgan fingerprint density at radius 1 is 1.26 bits per heavy atom. The third kappa shape index (κ3) is 5.61. The van der Waals surface area contributed by atoms with E-state index in [4.69, 9.17) is 14.2 Å². The highest BCUT2D eigenvalue weighted by molar-refractivity contribution is 5.94. The molecule has 148 valence electrons. The lowest BCUT2D eigenvalue weighted by molar-refractivity contribution is -0.143. The normalized spacial score (nSPS) is 11.2. The number of nitrogens with zero attached hydrogens (tertiary/aromatic N) is 1. The fourth-order valence-electron chi connectivity index (χ4n) is 2.75. The van der Waals surface area contributed by atoms with E-state index in [1.807, 2.05) is 20.8 Å². The number of carbonyl (C=O) groups excluding carboxylic acids is 1. The lowest BCUT2D eigenvalue weighted by Crippen LogP contribution is -2.12. The first kappa shape index (κ1) is 21.1. The number of hydrogen-bond acceptors (Lipinski definition) is 5. The van der Waals surface area contributed by atoms with Crippen LogP contribution >= 0.6 is 0 Å². The van der Waals surface area contributed by atoms with Crippen molar-refractivity contribution in [2.45, 2.75) is 46.8 Å². The molecule has 0 bridgehead atoms. The molecule has 0 spiro atoms. The average molecular weight is 378 g/mol. The van der Waals surface area contributed by atoms with Crippen LogP contribution in [0.5, 0.6) is 5.75 Å². The van der Waals surface area contributed by atoms with Gasteiger partial charge in [0.2, 0.25) is 6.29 Å². The zero-order valence-corrected chi connectivity index (χ0v) is 16.3. The minimum atomic E-state index is -0.509. The van der Waals surface area contributed by atoms with Crippen LogP contribution in [0.15, 0.2) is 18.2 Å². The van der Waals surface area contributed by atoms with Crippen LogP contribution in [0.4, 0.5) is 4.39 Å². The van der Waals surface area contributed by atoms with E-state index in [0.717, 1.165) is 17.0 Å². The molecule has 0 saturated heterocycles. The van der Waals surface area contributed by atoms with Gasteiger partial charge in [-0.1, -0.05) is 0 Å². The van der Waals surface area contributed by atoms with Crippen LogP contribution < -0.4 is 4.74 Å². The third-order valence-corrected chi connectivity index (χ3v) is 4.13. The molecule has 0 radical (unpaired) electrons. The maximum atomic E-state index is 13.9. The van der Waals surface area contributed by atoms with E-state index in [1.54, 1.807) is 0 Å². The van der Waals surface area contributed by atoms with Crippen molar-refractivity contribution in [3.05, 3.63) is 46.5 Å². The average Bonchev–Trinajstić information content (AvgIpc) is 3.00. The Morgan fingerprint density at radius 3 is 2.59 bits per heavy atom. The molecule has 1 heterocycles. The number of halogens is 1. The Morgan fingerprint density at radius 2 is 1.96 bits per heavy atom. The van der Waals surface area contributed by atoms with Gasteiger partial charge in [-0.3, -0.25) is 9.89 Å². The van der Waals surface area contributed by atoms with Crippen LogP contribution in [0.25, 0.3) is 0 Å². The molecule has 6 nitrogen and oxygen atoms in total. The molecule has 0 fully saturated rings. The van der Waals surface area contributed by atoms with Crippen molar-refractivity contribution in [2.75, 3.05) is 19.8 Å². The molecule has 1 N–H and O–H groups in total. The van der Waals surface area contributed by atoms with E-state index >= 15 is 0 Å². The molecule has 2 rings (SSSR count). The largest absolute Gasteiger partial charge is 0.490 e. The highest BCUT2D eigenvalue weighted by Gasteiger charge is 2.21. The van der Waals surface area contributed by atoms with Crippen LogP contribution in [0.2, 0.25) is 0 Å². The minimum Gasteiger partial charge on any atom is -0.490 e. The quantitative estimate of drug-likeness (QED) is 0.361. The maximum absolute atomic E-state index is 13.9. The molecule has 0 aliphatic heterocycles. The van der Waals surface area contributed by atoms with Crippen LogP contribution in [-0.4, -0.2) is 35.8 Å². The molecule has 0 aliphatic carbocycles. The molecule has 1 aromatic carbocycles. The summed E-state index contributed by atoms with van der Waals surface area (Å²) < 4.78 is 30.7. The number of benzene rings is 1. The third-order valence-electron chi connectivity index (χ3n) is 4.13. The highest BCUT2D eigenvalue weighted by atomic mass is 19.1. The van der Waals surface area contributed by atoms with Gasteiger partial charge in [-0.15, -0.1) is 0 Å². The maximum Gasteiger partial charge on any atom is 0.203 e. The molecular formula is C20H27FN2O4. The molecule has 0 saturated carbocycles. The summed E-state index contributed by atoms with van der Waals surface area (Å²) in [5, 5.41) is 7.30. The fraction of sp³-hybridized carbons (Fsp3) is 0.500. The van der Waals surface area contributed by atoms with Gasteiger partial charge in [0, 0.05) is 30.0 Å². The Balaban J connectivity index is 1.99. The summed E-state index contributed by atoms with van der Waals surface area (Å²) >= 11 is 0. The fourth-order valence-corrected chi connectivity index (χ4v) is 2.75. The highest BCUT2D eigenvalue weighted by Crippen LogP contribution is 2.25. The Labute approximate surface area is 159 Å². The summed E-state index contributed by atoms with van der Waals surface area (Å²) in [5.74, 6) is -0.516. The van der Waals surface area contributed by atoms with Crippen molar-refractivity contribution >= 4 is 5.78 Å². The topological polar surface area (TPSA) is 73.4 Å². The van der Waals surface area contributed by atoms with Crippen molar-refractivity contribution in [2.24, 2.45) is 0 Å². The van der Waals surface area contributed by atoms with Crippen LogP contribution in [0, 0.1) is 12.7 Å². The van der Waals surface area contributed by atoms with E-state index in [0.29, 0.717) is 38.2 Å². The molecule has 2 aromatic rings. The van der Waals surface area contributed by atoms with Gasteiger partial charge in [-0.2, -0.15) is 5.10 Å². The molecule has 7 heteroatoms. The van der Waals surface area contributed by atoms with Crippen molar-refractivity contribution < 1.29 is 23.4 Å². The predicted octanol–water partition coefficient (Wildman–Crippen LogP) is 4.14. The minimum absolute atomic E-state index is 0.0911. The van der Waals surface area contributed by atoms with E-state index < -0.39 is 12.1 Å². The zero-order chi connectivity index (χ0) is 19.8. The van der Waals surface area contributed by atoms with Crippen molar-refractivity contribution in [3.63, 3.8) is 0 Å². The van der Waals surface area contributed by atoms with Crippen molar-refractivity contribution in [1.29, 1.82) is 0 Å². The van der Waals surface area contributed by atoms with Gasteiger partial charge in [0.25, 0.3) is 0 Å². The number of rotatable bonds is 11. The van der Waals surface area contributed by atoms with Gasteiger partial charge in [-0.25, -0.2) is 4.39 Å². The monoisotopic (exact) mass is 378 g/mol. The molecular weight excluding hydrogens is 351 g/mol. The number of aromatic amines is 1. The summed E-state index contributed by atoms with van der Waals surface area (Å²) in [6.45, 7) is 8.54. The van der Waals surface area contributed by atoms with Gasteiger partial charge in [0.1, 0.15) is 5.69 Å². The molecule has 0 aliphatic rings. The van der Waals surface area contributed by atoms with Gasteiger partial charge >= 0.3 is 0 Å². The van der Waals surface area contributed by atoms with Gasteiger partial charge < -0.3 is 14.2 Å². The number of nitrogens with one attached hydrogen (secondary N) is 1. The Kier molecular flexibility index (Phi) is 7.94. The second kappa shape index (κ2) is 10.2. The lowest BCUT2D eigenvalue weighted by atomic mass is 10.1. The van der Waals surface area contributed by atoms with E-state index in [9.17, 15) is 9.18 Å². The van der Waals surface area contributed by atoms with Crippen LogP contribution in [0.3, 0.4) is 0 Å². The van der Waals surface area contributed by atoms with Gasteiger partial charge in [0.15, 0.2) is 17.3 Å². The Bertz CT molecular complexity index is 754. The molecule has 0 atom stereocenters. The van der Waals surface area contributed by atoms with Gasteiger partial charge in [-0.05, 0) is 58.7 Å². The van der Waals surface area contributed by atoms with E-state index in [2.05, 4.69) is 10.2 Å². The predicted molar refractivity (Wildman–Crippen MR) is 99.5 cm³/mol. The summed E-state index contributed by atoms with van der Waals surface area (Å²) in [5.41, 5.74) is 3.12. The lowest BCUT2D eigenvalue weighted by Gasteiger charge is -2.16. The summed E-state index contributed by atoms with van der Waals surface area (Å²) in [4.78, 5) is 11.4. The number of aromatic nitrogens is 2. The summed E-state index contributed by atoms with van der Waals surface area (Å²) in [6, 6.07) is 4.14. The Hall–Kier alpha value is -2.25. The zero-order valence-electron chi connectivity index (χ0n) is 16.3. The smallest absolute Gasteiger partial charge is 0.203 e. The number of Topliss-reactive ketones (excluding diaryl/α,β-unsaturated/α-hetero) is 1. The summed E-state index contributed by atoms with van der Waals surface area (Å²) in [6.07, 6.45) is 0.829. The number of hydrogen-bond donors (Lipinski definition) is 1. The SMILES string of the molecule is CCOC(OCC)c1n[nH]c(C)c1CCCOc1cc(C(C)=O)ccc1F. The molecule has 0 amide bonds. The standard InChI is InChI=1S/C20H27FN2O4/c1-5-25-20(26-6-2)19-16(13(3)22-23-19)8-7-11-27-18-12-15(14(4)24)9-10-17(18)21/h9-10,12,20H,5-8,11H2,1-4H3,(H,22,23). The first-order valence-corrected chi connectivity index (χ1v) is 9.18. The first-order valence-electron chi connectivity index (χ1n) is 9.18. The van der Waals surface area contributed by atoms with E-state index in [-0.39, 0.29) is 11.5 Å². The number of H-pyrrole nitrogens is 1. The number of carbonyl (C=O) groups is 1. The molecule has 0 unspecified atom stereocenters. The van der Waals surface area contributed by atoms with Crippen LogP contribution in [0.1, 0.15) is 60.8 Å². The van der Waals surface area contributed by atoms with Crippen LogP contribution in [-0.2, 0) is 15.9 Å². The number of ether oxygens (including phenoxy) is 3. The van der Waals surface area contributed by atoms with Crippen molar-refractivity contribution in [1.82, 2.24) is 10.2 Å². The summed E-state index contributed by atoms with van der Waals surface area (Å²) in [7, 11) is 0. The van der Waals surface area contributed by atoms with Gasteiger partial charge in [0.05, 0.1) is 6.61 Å². The second-order valence-electron chi connectivity index (χ2n) is 6.11. The van der Waals surface area contributed by atoms with E-state index in [1.165, 1.54) is 25.1 Å². The number of aryl methyl sites for hydroxylation is 1. The second-order valence-corrected chi connectivity index (χ2v) is 6.11.